The van der Waals surface area contributed by atoms with Crippen molar-refractivity contribution >= 4 is 52.0 Å². The lowest BCUT2D eigenvalue weighted by Crippen LogP contribution is -2.19. The Hall–Kier alpha value is -3.60. The van der Waals surface area contributed by atoms with E-state index in [0.29, 0.717) is 30.2 Å². The van der Waals surface area contributed by atoms with Crippen LogP contribution < -0.4 is 0 Å². The molecule has 0 fully saturated rings. The van der Waals surface area contributed by atoms with Crippen LogP contribution >= 0.6 is 35.1 Å². The molecule has 0 radical (unpaired) electrons. The number of carboxylic acids is 1. The Kier molecular flexibility index (Phi) is 8.22. The van der Waals surface area contributed by atoms with Gasteiger partial charge in [-0.1, -0.05) is 48.0 Å². The van der Waals surface area contributed by atoms with Gasteiger partial charge in [-0.25, -0.2) is 4.79 Å². The Bertz CT molecular complexity index is 1950. The van der Waals surface area contributed by atoms with Crippen LogP contribution in [0.15, 0.2) is 65.3 Å². The fraction of sp³-hybridized carbons (Fsp3) is 0.324. The molecule has 232 valence electrons. The van der Waals surface area contributed by atoms with Crippen molar-refractivity contribution in [2.75, 3.05) is 6.61 Å². The molecule has 0 amide bonds. The van der Waals surface area contributed by atoms with Gasteiger partial charge in [0.2, 0.25) is 0 Å². The molecule has 2 unspecified atom stereocenters. The topological polar surface area (TPSA) is 98.0 Å². The van der Waals surface area contributed by atoms with Crippen LogP contribution in [0.1, 0.15) is 45.2 Å². The van der Waals surface area contributed by atoms with E-state index in [2.05, 4.69) is 52.7 Å². The Balaban J connectivity index is 1.32. The number of halogens is 1. The number of allylic oxidation sites excluding steroid dienone is 6. The summed E-state index contributed by atoms with van der Waals surface area (Å²) in [5, 5.41) is 24.5. The molecule has 8 bridgehead atoms. The second kappa shape index (κ2) is 12.3. The van der Waals surface area contributed by atoms with Gasteiger partial charge < -0.3 is 14.4 Å². The minimum absolute atomic E-state index is 0.158. The zero-order valence-electron chi connectivity index (χ0n) is 25.3. The van der Waals surface area contributed by atoms with Crippen LogP contribution in [-0.4, -0.2) is 42.2 Å². The van der Waals surface area contributed by atoms with E-state index in [0.717, 1.165) is 67.6 Å². The van der Waals surface area contributed by atoms with Crippen molar-refractivity contribution in [2.45, 2.75) is 37.0 Å². The van der Waals surface area contributed by atoms with Crippen LogP contribution in [0.2, 0.25) is 5.02 Å². The Morgan fingerprint density at radius 1 is 1.16 bits per heavy atom. The van der Waals surface area contributed by atoms with E-state index in [-0.39, 0.29) is 17.5 Å². The maximum absolute atomic E-state index is 12.7. The Labute approximate surface area is 275 Å². The molecule has 45 heavy (non-hydrogen) atoms. The first kappa shape index (κ1) is 30.1. The summed E-state index contributed by atoms with van der Waals surface area (Å²) in [6.07, 6.45) is 14.3. The number of benzene rings is 1. The molecule has 3 aliphatic rings. The highest BCUT2D eigenvalue weighted by atomic mass is 35.5. The predicted octanol–water partition coefficient (Wildman–Crippen LogP) is 7.73. The molecule has 8 nitrogen and oxygen atoms in total. The van der Waals surface area contributed by atoms with Gasteiger partial charge in [-0.2, -0.15) is 10.2 Å². The van der Waals surface area contributed by atoms with Crippen molar-refractivity contribution in [3.8, 4) is 11.1 Å². The average Bonchev–Trinajstić information content (AvgIpc) is 3.67. The summed E-state index contributed by atoms with van der Waals surface area (Å²) in [5.74, 6) is 2.61. The van der Waals surface area contributed by atoms with Gasteiger partial charge in [0.15, 0.2) is 0 Å². The van der Waals surface area contributed by atoms with Gasteiger partial charge in [0.25, 0.3) is 0 Å². The van der Waals surface area contributed by atoms with Gasteiger partial charge in [0, 0.05) is 70.3 Å². The lowest BCUT2D eigenvalue weighted by atomic mass is 9.83. The number of H-pyrrole nitrogens is 1. The highest BCUT2D eigenvalue weighted by Crippen LogP contribution is 2.43. The Morgan fingerprint density at radius 3 is 2.84 bits per heavy atom. The number of nitrogens with zero attached hydrogens (tertiary/aromatic N) is 4. The molecule has 0 spiro atoms. The number of aromatic carboxylic acids is 1. The average molecular weight is 660 g/mol. The van der Waals surface area contributed by atoms with Crippen LogP contribution in [0.3, 0.4) is 0 Å². The molecule has 3 aromatic heterocycles. The minimum Gasteiger partial charge on any atom is -0.497 e. The summed E-state index contributed by atoms with van der Waals surface area (Å²) < 4.78 is 10.2. The molecular formula is C34H34ClN5O3S2. The van der Waals surface area contributed by atoms with Crippen LogP contribution in [0.4, 0.5) is 0 Å². The number of rotatable bonds is 1. The fourth-order valence-electron chi connectivity index (χ4n) is 6.74. The number of nitrogens with one attached hydrogen (secondary N) is 1. The van der Waals surface area contributed by atoms with Gasteiger partial charge >= 0.3 is 5.97 Å². The van der Waals surface area contributed by atoms with Crippen molar-refractivity contribution in [3.63, 3.8) is 0 Å². The normalized spacial score (nSPS) is 20.2. The predicted molar refractivity (Wildman–Crippen MR) is 182 cm³/mol. The molecule has 1 aliphatic heterocycles. The highest BCUT2D eigenvalue weighted by molar-refractivity contribution is 8.02. The first-order valence-electron chi connectivity index (χ1n) is 15.0. The van der Waals surface area contributed by atoms with Gasteiger partial charge in [-0.15, -0.1) is 23.5 Å². The van der Waals surface area contributed by atoms with Crippen LogP contribution in [0.25, 0.3) is 22.0 Å². The van der Waals surface area contributed by atoms with Crippen molar-refractivity contribution in [3.05, 3.63) is 104 Å². The number of carboxylic acid groups (broad SMARTS) is 1. The maximum atomic E-state index is 12.7. The summed E-state index contributed by atoms with van der Waals surface area (Å²) in [4.78, 5) is 13.9. The third-order valence-corrected chi connectivity index (χ3v) is 11.1. The number of hydrogen-bond donors (Lipinski definition) is 2. The van der Waals surface area contributed by atoms with E-state index in [4.69, 9.17) is 21.4 Å². The van der Waals surface area contributed by atoms with Crippen molar-refractivity contribution in [1.29, 1.82) is 0 Å². The molecule has 11 heteroatoms. The summed E-state index contributed by atoms with van der Waals surface area (Å²) in [6.45, 7) is 2.47. The molecule has 0 saturated heterocycles. The quantitative estimate of drug-likeness (QED) is 0.216. The zero-order valence-corrected chi connectivity index (χ0v) is 27.7. The maximum Gasteiger partial charge on any atom is 0.352 e. The molecule has 0 saturated carbocycles. The van der Waals surface area contributed by atoms with Crippen LogP contribution in [-0.2, 0) is 42.5 Å². The molecule has 4 heterocycles. The third kappa shape index (κ3) is 5.57. The van der Waals surface area contributed by atoms with Crippen molar-refractivity contribution in [2.24, 2.45) is 25.9 Å². The van der Waals surface area contributed by atoms with Gasteiger partial charge in [-0.3, -0.25) is 9.78 Å². The number of aryl methyl sites for hydroxylation is 4. The third-order valence-electron chi connectivity index (χ3n) is 8.76. The number of ether oxygens (including phenoxy) is 1. The van der Waals surface area contributed by atoms with E-state index in [1.807, 2.05) is 37.8 Å². The van der Waals surface area contributed by atoms with E-state index in [9.17, 15) is 9.90 Å². The molecule has 2 aliphatic carbocycles. The van der Waals surface area contributed by atoms with E-state index in [1.165, 1.54) is 4.91 Å². The largest absolute Gasteiger partial charge is 0.497 e. The monoisotopic (exact) mass is 659 g/mol. The molecule has 4 aromatic rings. The summed E-state index contributed by atoms with van der Waals surface area (Å²) >= 11 is 10.5. The van der Waals surface area contributed by atoms with Crippen molar-refractivity contribution in [1.82, 2.24) is 24.5 Å². The van der Waals surface area contributed by atoms with E-state index >= 15 is 0 Å². The fourth-order valence-corrected chi connectivity index (χ4v) is 8.89. The van der Waals surface area contributed by atoms with Gasteiger partial charge in [-0.05, 0) is 43.5 Å². The second-order valence-electron chi connectivity index (χ2n) is 11.6. The SMILES string of the molecule is Cc1nn(C)c2c1-c1c(Cl)ccc3c(c(C(=O)O)n(C)c13)CCCOC1=CC(=CC3C=CC=CC13)SCc1cc(n[nH]1)CSC2. The highest BCUT2D eigenvalue weighted by Gasteiger charge is 2.29. The van der Waals surface area contributed by atoms with Crippen LogP contribution in [0, 0.1) is 18.8 Å². The van der Waals surface area contributed by atoms with E-state index in [1.54, 1.807) is 28.1 Å². The molecular weight excluding hydrogens is 626 g/mol. The number of fused-ring (bicyclic) bond motifs is 7. The summed E-state index contributed by atoms with van der Waals surface area (Å²) in [7, 11) is 3.77. The second-order valence-corrected chi connectivity index (χ2v) is 14.1. The first-order chi connectivity index (χ1) is 21.8. The standard InChI is InChI=1S/C34H34ClN5O3S2/c1-19-30-28(40(3)38-19)18-44-16-21-14-22(37-36-21)17-45-23-13-20-7-4-5-8-24(20)29(15-23)43-12-6-9-25-26-10-11-27(35)31(30)32(26)39(2)33(25)34(41)42/h4-5,7-8,10-11,13-15,20,24H,6,9,12,16-18H2,1-3H3,(H,36,37)(H,41,42). The number of carbonyl (C=O) groups is 1. The number of aromatic amines is 1. The van der Waals surface area contributed by atoms with Crippen LogP contribution in [0.5, 0.6) is 0 Å². The molecule has 2 N–H and O–H groups in total. The molecule has 2 atom stereocenters. The smallest absolute Gasteiger partial charge is 0.352 e. The molecule has 1 aromatic carbocycles. The van der Waals surface area contributed by atoms with Gasteiger partial charge in [0.05, 0.1) is 34.2 Å². The van der Waals surface area contributed by atoms with Crippen molar-refractivity contribution < 1.29 is 14.6 Å². The van der Waals surface area contributed by atoms with E-state index < -0.39 is 5.97 Å². The number of thioether (sulfide) groups is 2. The minimum atomic E-state index is -0.957. The summed E-state index contributed by atoms with van der Waals surface area (Å²) in [6, 6.07) is 5.98. The van der Waals surface area contributed by atoms with Gasteiger partial charge in [0.1, 0.15) is 11.5 Å². The number of aromatic nitrogens is 5. The first-order valence-corrected chi connectivity index (χ1v) is 17.5. The Morgan fingerprint density at radius 2 is 2.00 bits per heavy atom. The lowest BCUT2D eigenvalue weighted by molar-refractivity contribution is 0.0685. The lowest BCUT2D eigenvalue weighted by Gasteiger charge is -2.29. The number of hydrogen-bond acceptors (Lipinski definition) is 6. The zero-order chi connectivity index (χ0) is 31.2. The summed E-state index contributed by atoms with van der Waals surface area (Å²) in [5.41, 5.74) is 7.64. The molecule has 7 rings (SSSR count).